The van der Waals surface area contributed by atoms with Crippen molar-refractivity contribution in [3.63, 3.8) is 0 Å². The van der Waals surface area contributed by atoms with Crippen LogP contribution in [0.3, 0.4) is 0 Å². The summed E-state index contributed by atoms with van der Waals surface area (Å²) in [6, 6.07) is 7.27. The molecule has 1 unspecified atom stereocenters. The van der Waals surface area contributed by atoms with Gasteiger partial charge in [0.15, 0.2) is 6.23 Å². The average Bonchev–Trinajstić information content (AvgIpc) is 2.15. The van der Waals surface area contributed by atoms with Crippen LogP contribution in [0.15, 0.2) is 29.3 Å². The number of rotatable bonds is 0. The first-order chi connectivity index (χ1) is 7.41. The van der Waals surface area contributed by atoms with Crippen molar-refractivity contribution in [3.05, 3.63) is 29.8 Å². The van der Waals surface area contributed by atoms with Gasteiger partial charge in [0.1, 0.15) is 0 Å². The number of benzene rings is 1. The quantitative estimate of drug-likeness (QED) is 0.704. The van der Waals surface area contributed by atoms with Gasteiger partial charge in [0.2, 0.25) is 0 Å². The number of aliphatic imine (C=N–C) groups is 1. The lowest BCUT2D eigenvalue weighted by molar-refractivity contribution is 0.182. The highest BCUT2D eigenvalue weighted by Crippen LogP contribution is 2.35. The van der Waals surface area contributed by atoms with Gasteiger partial charge in [0, 0.05) is 11.1 Å². The lowest BCUT2D eigenvalue weighted by Gasteiger charge is -2.39. The highest BCUT2D eigenvalue weighted by atomic mass is 16.3. The average molecular weight is 220 g/mol. The van der Waals surface area contributed by atoms with Crippen molar-refractivity contribution < 1.29 is 10.2 Å². The van der Waals surface area contributed by atoms with Gasteiger partial charge in [-0.2, -0.15) is 4.99 Å². The minimum Gasteiger partial charge on any atom is -0.480 e. The minimum atomic E-state index is -0.977. The third-order valence-corrected chi connectivity index (χ3v) is 2.56. The van der Waals surface area contributed by atoms with E-state index in [1.165, 1.54) is 0 Å². The molecule has 0 amide bonds. The fourth-order valence-electron chi connectivity index (χ4n) is 1.92. The van der Waals surface area contributed by atoms with Crippen molar-refractivity contribution in [2.45, 2.75) is 32.5 Å². The first-order valence-corrected chi connectivity index (χ1v) is 5.25. The number of fused-ring (bicyclic) bond motifs is 1. The second-order valence-electron chi connectivity index (χ2n) is 4.87. The largest absolute Gasteiger partial charge is 0.480 e. The minimum absolute atomic E-state index is 0.140. The van der Waals surface area contributed by atoms with Crippen LogP contribution in [0.25, 0.3) is 0 Å². The summed E-state index contributed by atoms with van der Waals surface area (Å²) in [5.41, 5.74) is 1.23. The van der Waals surface area contributed by atoms with E-state index in [2.05, 4.69) is 4.99 Å². The van der Waals surface area contributed by atoms with Crippen molar-refractivity contribution in [2.75, 3.05) is 4.90 Å². The van der Waals surface area contributed by atoms with Gasteiger partial charge in [0.25, 0.3) is 6.02 Å². The molecule has 2 N–H and O–H groups in total. The van der Waals surface area contributed by atoms with E-state index in [1.54, 1.807) is 4.90 Å². The summed E-state index contributed by atoms with van der Waals surface area (Å²) in [5, 5.41) is 19.6. The first kappa shape index (κ1) is 11.0. The fraction of sp³-hybridized carbons (Fsp3) is 0.417. The van der Waals surface area contributed by atoms with Crippen molar-refractivity contribution in [2.24, 2.45) is 4.99 Å². The molecule has 0 spiro atoms. The van der Waals surface area contributed by atoms with E-state index in [-0.39, 0.29) is 11.6 Å². The third kappa shape index (κ3) is 1.65. The Balaban J connectivity index is 2.58. The molecule has 1 aliphatic rings. The van der Waals surface area contributed by atoms with Gasteiger partial charge in [-0.1, -0.05) is 18.2 Å². The molecule has 0 saturated heterocycles. The Kier molecular flexibility index (Phi) is 2.39. The number of anilines is 1. The van der Waals surface area contributed by atoms with E-state index >= 15 is 0 Å². The Labute approximate surface area is 94.9 Å². The number of para-hydroxylation sites is 1. The number of nitrogens with zero attached hydrogens (tertiary/aromatic N) is 2. The number of amidine groups is 1. The lowest BCUT2D eigenvalue weighted by Crippen LogP contribution is -2.48. The van der Waals surface area contributed by atoms with E-state index in [9.17, 15) is 10.2 Å². The molecule has 1 aliphatic heterocycles. The van der Waals surface area contributed by atoms with Gasteiger partial charge in [-0.3, -0.25) is 4.90 Å². The summed E-state index contributed by atoms with van der Waals surface area (Å²) < 4.78 is 0. The summed E-state index contributed by atoms with van der Waals surface area (Å²) in [7, 11) is 0. The zero-order chi connectivity index (χ0) is 11.9. The van der Waals surface area contributed by atoms with Gasteiger partial charge in [0.05, 0.1) is 5.69 Å². The predicted octanol–water partition coefficient (Wildman–Crippen LogP) is 2.21. The monoisotopic (exact) mass is 220 g/mol. The Morgan fingerprint density at radius 1 is 1.25 bits per heavy atom. The van der Waals surface area contributed by atoms with Crippen LogP contribution in [0.5, 0.6) is 0 Å². The summed E-state index contributed by atoms with van der Waals surface area (Å²) in [5.74, 6) is 0. The Bertz CT molecular complexity index is 435. The van der Waals surface area contributed by atoms with Gasteiger partial charge in [-0.25, -0.2) is 0 Å². The molecular formula is C12H16N2O2. The molecule has 16 heavy (non-hydrogen) atoms. The summed E-state index contributed by atoms with van der Waals surface area (Å²) in [6.07, 6.45) is -0.977. The molecule has 4 heteroatoms. The molecule has 0 saturated carbocycles. The molecule has 0 bridgehead atoms. The highest BCUT2D eigenvalue weighted by Gasteiger charge is 2.33. The number of aliphatic hydroxyl groups excluding tert-OH is 2. The van der Waals surface area contributed by atoms with Crippen LogP contribution in [0.1, 0.15) is 32.6 Å². The second kappa shape index (κ2) is 3.49. The normalized spacial score (nSPS) is 20.4. The standard InChI is InChI=1S/C12H16N2O2/c1-12(2,3)14-9-7-5-4-6-8(9)10(15)13-11(14)16/h4-7,10,15H,1-3H3,(H,13,16). The Hall–Kier alpha value is -1.55. The van der Waals surface area contributed by atoms with E-state index < -0.39 is 6.23 Å². The Morgan fingerprint density at radius 3 is 2.50 bits per heavy atom. The zero-order valence-electron chi connectivity index (χ0n) is 9.68. The van der Waals surface area contributed by atoms with Crippen molar-refractivity contribution >= 4 is 11.7 Å². The SMILES string of the molecule is CC(C)(C)N1C(O)=NC(O)c2ccccc21. The van der Waals surface area contributed by atoms with E-state index in [0.717, 1.165) is 11.3 Å². The maximum absolute atomic E-state index is 9.84. The maximum Gasteiger partial charge on any atom is 0.292 e. The molecule has 1 aromatic rings. The lowest BCUT2D eigenvalue weighted by atomic mass is 10.0. The van der Waals surface area contributed by atoms with Crippen molar-refractivity contribution in [1.82, 2.24) is 0 Å². The van der Waals surface area contributed by atoms with Gasteiger partial charge in [-0.15, -0.1) is 0 Å². The fourth-order valence-corrected chi connectivity index (χ4v) is 1.92. The molecule has 1 atom stereocenters. The van der Waals surface area contributed by atoms with Crippen LogP contribution in [-0.4, -0.2) is 21.8 Å². The predicted molar refractivity (Wildman–Crippen MR) is 63.7 cm³/mol. The van der Waals surface area contributed by atoms with Crippen LogP contribution < -0.4 is 4.90 Å². The van der Waals surface area contributed by atoms with E-state index in [4.69, 9.17) is 0 Å². The van der Waals surface area contributed by atoms with Crippen molar-refractivity contribution in [3.8, 4) is 0 Å². The first-order valence-electron chi connectivity index (χ1n) is 5.25. The number of aliphatic hydroxyl groups is 2. The molecule has 0 radical (unpaired) electrons. The van der Waals surface area contributed by atoms with E-state index in [1.807, 2.05) is 45.0 Å². The third-order valence-electron chi connectivity index (χ3n) is 2.56. The smallest absolute Gasteiger partial charge is 0.292 e. The molecule has 0 aliphatic carbocycles. The Morgan fingerprint density at radius 2 is 1.88 bits per heavy atom. The molecule has 86 valence electrons. The van der Waals surface area contributed by atoms with Crippen LogP contribution in [0, 0.1) is 0 Å². The molecule has 2 rings (SSSR count). The number of hydrogen-bond donors (Lipinski definition) is 2. The molecule has 1 heterocycles. The zero-order valence-corrected chi connectivity index (χ0v) is 9.68. The van der Waals surface area contributed by atoms with Gasteiger partial charge in [-0.05, 0) is 26.8 Å². The van der Waals surface area contributed by atoms with Crippen LogP contribution in [0.4, 0.5) is 5.69 Å². The summed E-state index contributed by atoms with van der Waals surface area (Å²) in [4.78, 5) is 5.54. The van der Waals surface area contributed by atoms with Gasteiger partial charge < -0.3 is 10.2 Å². The van der Waals surface area contributed by atoms with Crippen molar-refractivity contribution in [1.29, 1.82) is 0 Å². The number of hydrogen-bond acceptors (Lipinski definition) is 3. The topological polar surface area (TPSA) is 56.1 Å². The summed E-state index contributed by atoms with van der Waals surface area (Å²) >= 11 is 0. The highest BCUT2D eigenvalue weighted by molar-refractivity contribution is 5.94. The molecular weight excluding hydrogens is 204 g/mol. The van der Waals surface area contributed by atoms with Crippen LogP contribution in [0.2, 0.25) is 0 Å². The maximum atomic E-state index is 9.84. The second-order valence-corrected chi connectivity index (χ2v) is 4.87. The summed E-state index contributed by atoms with van der Waals surface area (Å²) in [6.45, 7) is 5.94. The molecule has 1 aromatic carbocycles. The molecule has 4 nitrogen and oxygen atoms in total. The molecule has 0 aromatic heterocycles. The van der Waals surface area contributed by atoms with E-state index in [0.29, 0.717) is 0 Å². The molecule has 0 fully saturated rings. The van der Waals surface area contributed by atoms with Crippen LogP contribution in [-0.2, 0) is 0 Å². The van der Waals surface area contributed by atoms with Crippen LogP contribution >= 0.6 is 0 Å². The van der Waals surface area contributed by atoms with Gasteiger partial charge >= 0.3 is 0 Å².